The molecule has 0 radical (unpaired) electrons. The predicted octanol–water partition coefficient (Wildman–Crippen LogP) is 1.49. The topological polar surface area (TPSA) is 43.8 Å². The van der Waals surface area contributed by atoms with Gasteiger partial charge in [-0.1, -0.05) is 30.3 Å². The summed E-state index contributed by atoms with van der Waals surface area (Å²) < 4.78 is 0. The molecular weight excluding hydrogens is 252 g/mol. The molecule has 0 aromatic heterocycles. The van der Waals surface area contributed by atoms with E-state index in [-0.39, 0.29) is 18.6 Å². The van der Waals surface area contributed by atoms with Gasteiger partial charge in [0.05, 0.1) is 13.2 Å². The zero-order chi connectivity index (χ0) is 14.4. The molecule has 0 bridgehead atoms. The number of hydrogen-bond acceptors (Lipinski definition) is 3. The van der Waals surface area contributed by atoms with Crippen LogP contribution in [0.2, 0.25) is 0 Å². The molecule has 1 aromatic carbocycles. The van der Waals surface area contributed by atoms with Crippen molar-refractivity contribution >= 4 is 5.91 Å². The van der Waals surface area contributed by atoms with Crippen molar-refractivity contribution in [3.63, 3.8) is 0 Å². The highest BCUT2D eigenvalue weighted by Crippen LogP contribution is 2.16. The van der Waals surface area contributed by atoms with Crippen molar-refractivity contribution in [3.05, 3.63) is 35.9 Å². The third kappa shape index (κ3) is 3.81. The normalized spacial score (nSPS) is 19.2. The van der Waals surface area contributed by atoms with Gasteiger partial charge in [0.15, 0.2) is 0 Å². The van der Waals surface area contributed by atoms with Crippen molar-refractivity contribution in [3.8, 4) is 0 Å². The highest BCUT2D eigenvalue weighted by Gasteiger charge is 2.26. The number of amides is 1. The first-order chi connectivity index (χ1) is 9.74. The average Bonchev–Trinajstić information content (AvgIpc) is 2.92. The van der Waals surface area contributed by atoms with Crippen molar-refractivity contribution in [2.45, 2.75) is 32.4 Å². The summed E-state index contributed by atoms with van der Waals surface area (Å²) in [6.45, 7) is 4.87. The van der Waals surface area contributed by atoms with Crippen molar-refractivity contribution in [2.75, 3.05) is 26.2 Å². The molecule has 0 spiro atoms. The Labute approximate surface area is 121 Å². The van der Waals surface area contributed by atoms with Gasteiger partial charge >= 0.3 is 0 Å². The van der Waals surface area contributed by atoms with Gasteiger partial charge in [0.1, 0.15) is 0 Å². The lowest BCUT2D eigenvalue weighted by Gasteiger charge is -2.27. The molecule has 110 valence electrons. The Kier molecular flexibility index (Phi) is 5.56. The van der Waals surface area contributed by atoms with Gasteiger partial charge in [-0.3, -0.25) is 9.69 Å². The summed E-state index contributed by atoms with van der Waals surface area (Å²) in [7, 11) is 0. The molecule has 1 aromatic rings. The Bertz CT molecular complexity index is 422. The van der Waals surface area contributed by atoms with Crippen LogP contribution in [0.5, 0.6) is 0 Å². The van der Waals surface area contributed by atoms with Crippen LogP contribution in [-0.2, 0) is 11.3 Å². The Hall–Kier alpha value is -1.39. The first kappa shape index (κ1) is 15.0. The van der Waals surface area contributed by atoms with Gasteiger partial charge in [0.2, 0.25) is 5.91 Å². The second kappa shape index (κ2) is 7.41. The summed E-state index contributed by atoms with van der Waals surface area (Å²) in [4.78, 5) is 16.4. The van der Waals surface area contributed by atoms with E-state index in [9.17, 15) is 9.90 Å². The van der Waals surface area contributed by atoms with Crippen molar-refractivity contribution in [2.24, 2.45) is 0 Å². The summed E-state index contributed by atoms with van der Waals surface area (Å²) in [5.41, 5.74) is 1.16. The van der Waals surface area contributed by atoms with Crippen LogP contribution >= 0.6 is 0 Å². The van der Waals surface area contributed by atoms with Crippen LogP contribution in [0.1, 0.15) is 25.3 Å². The van der Waals surface area contributed by atoms with Crippen LogP contribution in [0.25, 0.3) is 0 Å². The molecule has 1 atom stereocenters. The maximum Gasteiger partial charge on any atom is 0.237 e. The molecule has 0 unspecified atom stereocenters. The van der Waals surface area contributed by atoms with E-state index in [4.69, 9.17) is 0 Å². The molecule has 1 aliphatic heterocycles. The zero-order valence-electron chi connectivity index (χ0n) is 12.2. The molecule has 0 saturated carbocycles. The molecule has 4 nitrogen and oxygen atoms in total. The first-order valence-electron chi connectivity index (χ1n) is 7.41. The van der Waals surface area contributed by atoms with Crippen molar-refractivity contribution in [1.82, 2.24) is 9.80 Å². The maximum atomic E-state index is 12.4. The molecule has 0 aliphatic carbocycles. The van der Waals surface area contributed by atoms with E-state index in [1.165, 1.54) is 0 Å². The van der Waals surface area contributed by atoms with Crippen LogP contribution in [0.3, 0.4) is 0 Å². The minimum Gasteiger partial charge on any atom is -0.395 e. The summed E-state index contributed by atoms with van der Waals surface area (Å²) in [5.74, 6) is 0.150. The fourth-order valence-electron chi connectivity index (χ4n) is 2.76. The minimum atomic E-state index is 0.150. The lowest BCUT2D eigenvalue weighted by atomic mass is 10.2. The smallest absolute Gasteiger partial charge is 0.237 e. The van der Waals surface area contributed by atoms with Gasteiger partial charge in [-0.05, 0) is 31.9 Å². The molecule has 1 aliphatic rings. The Morgan fingerprint density at radius 3 is 2.80 bits per heavy atom. The fraction of sp³-hybridized carbons (Fsp3) is 0.562. The number of likely N-dealkylation sites (tertiary alicyclic amines) is 1. The van der Waals surface area contributed by atoms with E-state index < -0.39 is 0 Å². The molecule has 4 heteroatoms. The molecule has 1 N–H and O–H groups in total. The largest absolute Gasteiger partial charge is 0.395 e. The van der Waals surface area contributed by atoms with Gasteiger partial charge in [-0.2, -0.15) is 0 Å². The zero-order valence-corrected chi connectivity index (χ0v) is 12.2. The molecule has 1 heterocycles. The number of benzene rings is 1. The minimum absolute atomic E-state index is 0.150. The first-order valence-corrected chi connectivity index (χ1v) is 7.41. The van der Waals surface area contributed by atoms with Gasteiger partial charge in [-0.25, -0.2) is 0 Å². The molecule has 2 rings (SSSR count). The second-order valence-electron chi connectivity index (χ2n) is 5.34. The summed E-state index contributed by atoms with van der Waals surface area (Å²) in [5, 5.41) is 9.31. The van der Waals surface area contributed by atoms with Crippen LogP contribution in [-0.4, -0.2) is 53.1 Å². The van der Waals surface area contributed by atoms with E-state index in [1.807, 2.05) is 42.2 Å². The van der Waals surface area contributed by atoms with Crippen LogP contribution < -0.4 is 0 Å². The van der Waals surface area contributed by atoms with Crippen LogP contribution in [0.4, 0.5) is 0 Å². The average molecular weight is 276 g/mol. The van der Waals surface area contributed by atoms with Crippen LogP contribution in [0, 0.1) is 0 Å². The lowest BCUT2D eigenvalue weighted by Crippen LogP contribution is -2.42. The summed E-state index contributed by atoms with van der Waals surface area (Å²) in [6.07, 6.45) is 2.07. The molecule has 1 amide bonds. The number of rotatable bonds is 6. The van der Waals surface area contributed by atoms with E-state index in [0.29, 0.717) is 19.6 Å². The number of aliphatic hydroxyl groups is 1. The van der Waals surface area contributed by atoms with Gasteiger partial charge < -0.3 is 10.0 Å². The Morgan fingerprint density at radius 2 is 2.15 bits per heavy atom. The quantitative estimate of drug-likeness (QED) is 0.856. The van der Waals surface area contributed by atoms with Crippen molar-refractivity contribution in [1.29, 1.82) is 0 Å². The summed E-state index contributed by atoms with van der Waals surface area (Å²) >= 11 is 0. The van der Waals surface area contributed by atoms with E-state index in [0.717, 1.165) is 24.9 Å². The van der Waals surface area contributed by atoms with E-state index in [1.54, 1.807) is 0 Å². The van der Waals surface area contributed by atoms with Gasteiger partial charge in [0, 0.05) is 19.1 Å². The number of carbonyl (C=O) groups is 1. The van der Waals surface area contributed by atoms with Gasteiger partial charge in [-0.15, -0.1) is 0 Å². The van der Waals surface area contributed by atoms with E-state index in [2.05, 4.69) is 4.90 Å². The number of likely N-dealkylation sites (N-methyl/N-ethyl adjacent to an activating group) is 1. The standard InChI is InChI=1S/C16H24N2O2/c1-2-17(11-14-7-4-3-5-8-14)16(20)12-18-10-6-9-15(18)13-19/h3-5,7-8,15,19H,2,6,9-13H2,1H3/t15-/m1/s1. The second-order valence-corrected chi connectivity index (χ2v) is 5.34. The third-order valence-electron chi connectivity index (χ3n) is 4.00. The van der Waals surface area contributed by atoms with Crippen LogP contribution in [0.15, 0.2) is 30.3 Å². The number of carbonyl (C=O) groups excluding carboxylic acids is 1. The molecule has 1 fully saturated rings. The maximum absolute atomic E-state index is 12.4. The fourth-order valence-corrected chi connectivity index (χ4v) is 2.76. The highest BCUT2D eigenvalue weighted by molar-refractivity contribution is 5.78. The Morgan fingerprint density at radius 1 is 1.40 bits per heavy atom. The molecule has 20 heavy (non-hydrogen) atoms. The SMILES string of the molecule is CCN(Cc1ccccc1)C(=O)CN1CCC[C@@H]1CO. The lowest BCUT2D eigenvalue weighted by molar-refractivity contribution is -0.133. The number of nitrogens with zero attached hydrogens (tertiary/aromatic N) is 2. The monoisotopic (exact) mass is 276 g/mol. The highest BCUT2D eigenvalue weighted by atomic mass is 16.3. The third-order valence-corrected chi connectivity index (χ3v) is 4.00. The van der Waals surface area contributed by atoms with Gasteiger partial charge in [0.25, 0.3) is 0 Å². The number of aliphatic hydroxyl groups excluding tert-OH is 1. The molecular formula is C16H24N2O2. The number of hydrogen-bond donors (Lipinski definition) is 1. The van der Waals surface area contributed by atoms with E-state index >= 15 is 0 Å². The van der Waals surface area contributed by atoms with Crippen molar-refractivity contribution < 1.29 is 9.90 Å². The predicted molar refractivity (Wildman–Crippen MR) is 79.2 cm³/mol. The Balaban J connectivity index is 1.92. The molecule has 1 saturated heterocycles. The summed E-state index contributed by atoms with van der Waals surface area (Å²) in [6, 6.07) is 10.2.